The van der Waals surface area contributed by atoms with Gasteiger partial charge in [-0.3, -0.25) is 4.99 Å². The first-order valence-electron chi connectivity index (χ1n) is 11.6. The van der Waals surface area contributed by atoms with Gasteiger partial charge in [-0.05, 0) is 64.4 Å². The fourth-order valence-corrected chi connectivity index (χ4v) is 3.71. The van der Waals surface area contributed by atoms with Gasteiger partial charge in [-0.2, -0.15) is 0 Å². The van der Waals surface area contributed by atoms with Gasteiger partial charge in [-0.15, -0.1) is 0 Å². The molecule has 2 rings (SSSR count). The smallest absolute Gasteiger partial charge is 0.191 e. The number of likely N-dealkylation sites (N-methyl/N-ethyl adjacent to an activating group) is 1. The number of rotatable bonds is 11. The Bertz CT molecular complexity index is 687. The Morgan fingerprint density at radius 3 is 2.35 bits per heavy atom. The summed E-state index contributed by atoms with van der Waals surface area (Å²) in [6.07, 6.45) is 3.95. The van der Waals surface area contributed by atoms with Crippen molar-refractivity contribution in [3.63, 3.8) is 0 Å². The zero-order valence-corrected chi connectivity index (χ0v) is 20.3. The third-order valence-electron chi connectivity index (χ3n) is 5.93. The highest BCUT2D eigenvalue weighted by atomic mass is 16.5. The van der Waals surface area contributed by atoms with Crippen LogP contribution in [0.1, 0.15) is 58.1 Å². The van der Waals surface area contributed by atoms with Gasteiger partial charge in [0.05, 0.1) is 19.3 Å². The number of guanidine groups is 1. The molecule has 31 heavy (non-hydrogen) atoms. The molecule has 1 atom stereocenters. The fourth-order valence-electron chi connectivity index (χ4n) is 3.71. The standard InChI is InChI=1S/C24H42N4O3/c1-7-13-30-21-10-9-20(17-22(21)31-14-8-2)19(3)27-23(25-4)26-18-24(28(5)6)11-15-29-16-12-24/h9-10,17,19H,7-8,11-16,18H2,1-6H3,(H2,25,26,27). The van der Waals surface area contributed by atoms with Crippen molar-refractivity contribution in [1.82, 2.24) is 15.5 Å². The predicted octanol–water partition coefficient (Wildman–Crippen LogP) is 3.60. The van der Waals surface area contributed by atoms with Crippen molar-refractivity contribution in [1.29, 1.82) is 0 Å². The molecule has 1 saturated heterocycles. The molecule has 7 nitrogen and oxygen atoms in total. The van der Waals surface area contributed by atoms with Gasteiger partial charge in [0.15, 0.2) is 17.5 Å². The second kappa shape index (κ2) is 12.8. The highest BCUT2D eigenvalue weighted by Crippen LogP contribution is 2.31. The van der Waals surface area contributed by atoms with Crippen LogP contribution >= 0.6 is 0 Å². The summed E-state index contributed by atoms with van der Waals surface area (Å²) in [5.41, 5.74) is 1.21. The average molecular weight is 435 g/mol. The Kier molecular flexibility index (Phi) is 10.4. The van der Waals surface area contributed by atoms with Crippen LogP contribution in [-0.2, 0) is 4.74 Å². The molecular weight excluding hydrogens is 392 g/mol. The maximum absolute atomic E-state index is 5.96. The molecule has 1 unspecified atom stereocenters. The largest absolute Gasteiger partial charge is 0.490 e. The van der Waals surface area contributed by atoms with Crippen LogP contribution in [0.4, 0.5) is 0 Å². The summed E-state index contributed by atoms with van der Waals surface area (Å²) >= 11 is 0. The van der Waals surface area contributed by atoms with Crippen molar-refractivity contribution in [3.05, 3.63) is 23.8 Å². The van der Waals surface area contributed by atoms with Gasteiger partial charge in [0, 0.05) is 32.3 Å². The quantitative estimate of drug-likeness (QED) is 0.410. The number of nitrogens with zero attached hydrogens (tertiary/aromatic N) is 2. The molecule has 1 aliphatic rings. The topological polar surface area (TPSA) is 67.4 Å². The van der Waals surface area contributed by atoms with Crippen LogP contribution in [-0.4, -0.2) is 70.5 Å². The van der Waals surface area contributed by atoms with E-state index in [-0.39, 0.29) is 11.6 Å². The molecule has 0 aliphatic carbocycles. The van der Waals surface area contributed by atoms with Crippen LogP contribution in [0.15, 0.2) is 23.2 Å². The number of hydrogen-bond donors (Lipinski definition) is 2. The van der Waals surface area contributed by atoms with Gasteiger partial charge in [0.1, 0.15) is 0 Å². The normalized spacial score (nSPS) is 17.3. The maximum atomic E-state index is 5.96. The van der Waals surface area contributed by atoms with Crippen molar-refractivity contribution in [2.45, 2.75) is 58.0 Å². The van der Waals surface area contributed by atoms with Gasteiger partial charge in [-0.25, -0.2) is 0 Å². The number of benzene rings is 1. The number of nitrogens with one attached hydrogen (secondary N) is 2. The van der Waals surface area contributed by atoms with E-state index < -0.39 is 0 Å². The van der Waals surface area contributed by atoms with E-state index in [0.717, 1.165) is 68.5 Å². The molecule has 1 aliphatic heterocycles. The summed E-state index contributed by atoms with van der Waals surface area (Å²) in [5, 5.41) is 7.05. The van der Waals surface area contributed by atoms with Crippen LogP contribution in [0.25, 0.3) is 0 Å². The van der Waals surface area contributed by atoms with Gasteiger partial charge in [-0.1, -0.05) is 19.9 Å². The number of aliphatic imine (C=N–C) groups is 1. The van der Waals surface area contributed by atoms with Gasteiger partial charge in [0.25, 0.3) is 0 Å². The first-order chi connectivity index (χ1) is 15.0. The molecule has 0 saturated carbocycles. The minimum atomic E-state index is 0.0698. The van der Waals surface area contributed by atoms with Crippen molar-refractivity contribution in [2.24, 2.45) is 4.99 Å². The molecule has 2 N–H and O–H groups in total. The Morgan fingerprint density at radius 2 is 1.77 bits per heavy atom. The average Bonchev–Trinajstić information content (AvgIpc) is 2.79. The van der Waals surface area contributed by atoms with E-state index in [1.54, 1.807) is 0 Å². The first kappa shape index (κ1) is 25.3. The molecule has 0 amide bonds. The van der Waals surface area contributed by atoms with Crippen LogP contribution in [0, 0.1) is 0 Å². The molecule has 0 radical (unpaired) electrons. The Morgan fingerprint density at radius 1 is 1.13 bits per heavy atom. The molecule has 1 fully saturated rings. The third-order valence-corrected chi connectivity index (χ3v) is 5.93. The van der Waals surface area contributed by atoms with Gasteiger partial charge < -0.3 is 29.7 Å². The minimum absolute atomic E-state index is 0.0698. The summed E-state index contributed by atoms with van der Waals surface area (Å²) < 4.78 is 17.4. The first-order valence-corrected chi connectivity index (χ1v) is 11.6. The molecular formula is C24H42N4O3. The van der Waals surface area contributed by atoms with Crippen LogP contribution in [0.3, 0.4) is 0 Å². The molecule has 176 valence electrons. The Labute approximate surface area is 188 Å². The van der Waals surface area contributed by atoms with E-state index in [1.165, 1.54) is 0 Å². The molecule has 1 heterocycles. The van der Waals surface area contributed by atoms with E-state index in [2.05, 4.69) is 67.5 Å². The lowest BCUT2D eigenvalue weighted by Crippen LogP contribution is -2.57. The van der Waals surface area contributed by atoms with Crippen molar-refractivity contribution in [2.75, 3.05) is 54.1 Å². The zero-order valence-electron chi connectivity index (χ0n) is 20.3. The van der Waals surface area contributed by atoms with E-state index in [4.69, 9.17) is 14.2 Å². The zero-order chi connectivity index (χ0) is 22.7. The summed E-state index contributed by atoms with van der Waals surface area (Å²) in [6, 6.07) is 6.24. The van der Waals surface area contributed by atoms with Crippen molar-refractivity contribution in [3.8, 4) is 11.5 Å². The highest BCUT2D eigenvalue weighted by Gasteiger charge is 2.34. The van der Waals surface area contributed by atoms with Crippen molar-refractivity contribution < 1.29 is 14.2 Å². The lowest BCUT2D eigenvalue weighted by Gasteiger charge is -2.43. The second-order valence-corrected chi connectivity index (χ2v) is 8.43. The molecule has 0 bridgehead atoms. The lowest BCUT2D eigenvalue weighted by atomic mass is 9.88. The summed E-state index contributed by atoms with van der Waals surface area (Å²) in [7, 11) is 6.10. The monoisotopic (exact) mass is 434 g/mol. The summed E-state index contributed by atoms with van der Waals surface area (Å²) in [4.78, 5) is 6.76. The van der Waals surface area contributed by atoms with Crippen molar-refractivity contribution >= 4 is 5.96 Å². The third kappa shape index (κ3) is 7.28. The van der Waals surface area contributed by atoms with E-state index >= 15 is 0 Å². The predicted molar refractivity (Wildman–Crippen MR) is 127 cm³/mol. The van der Waals surface area contributed by atoms with Crippen LogP contribution in [0.2, 0.25) is 0 Å². The SMILES string of the molecule is CCCOc1ccc(C(C)NC(=NC)NCC2(N(C)C)CCOCC2)cc1OCCC. The molecule has 1 aromatic rings. The van der Waals surface area contributed by atoms with E-state index in [0.29, 0.717) is 13.2 Å². The Balaban J connectivity index is 2.04. The Hall–Kier alpha value is -1.99. The fraction of sp³-hybridized carbons (Fsp3) is 0.708. The van der Waals surface area contributed by atoms with Crippen LogP contribution in [0.5, 0.6) is 11.5 Å². The molecule has 1 aromatic carbocycles. The van der Waals surface area contributed by atoms with Crippen LogP contribution < -0.4 is 20.1 Å². The van der Waals surface area contributed by atoms with Gasteiger partial charge >= 0.3 is 0 Å². The van der Waals surface area contributed by atoms with Gasteiger partial charge in [0.2, 0.25) is 0 Å². The molecule has 0 spiro atoms. The second-order valence-electron chi connectivity index (χ2n) is 8.43. The maximum Gasteiger partial charge on any atom is 0.191 e. The number of ether oxygens (including phenoxy) is 3. The molecule has 0 aromatic heterocycles. The van der Waals surface area contributed by atoms with E-state index in [9.17, 15) is 0 Å². The minimum Gasteiger partial charge on any atom is -0.490 e. The summed E-state index contributed by atoms with van der Waals surface area (Å²) in [5.74, 6) is 2.40. The van der Waals surface area contributed by atoms with E-state index in [1.807, 2.05) is 13.1 Å². The molecule has 7 heteroatoms. The number of hydrogen-bond acceptors (Lipinski definition) is 5. The lowest BCUT2D eigenvalue weighted by molar-refractivity contribution is -0.00502. The highest BCUT2D eigenvalue weighted by molar-refractivity contribution is 5.80. The summed E-state index contributed by atoms with van der Waals surface area (Å²) in [6.45, 7) is 10.1.